The van der Waals surface area contributed by atoms with Gasteiger partial charge in [0.2, 0.25) is 0 Å². The van der Waals surface area contributed by atoms with Crippen LogP contribution >= 0.6 is 0 Å². The number of alkyl halides is 5. The smallest absolute Gasteiger partial charge is 0.405 e. The lowest BCUT2D eigenvalue weighted by molar-refractivity contribution is -0.274. The number of likely N-dealkylation sites (tertiary alicyclic amines) is 1. The van der Waals surface area contributed by atoms with E-state index in [9.17, 15) is 26.7 Å². The van der Waals surface area contributed by atoms with Crippen molar-refractivity contribution < 1.29 is 40.8 Å². The largest absolute Gasteiger partial charge is 0.573 e. The maximum atomic E-state index is 13.7. The Morgan fingerprint density at radius 3 is 2.27 bits per heavy atom. The molecule has 0 atom stereocenters. The van der Waals surface area contributed by atoms with E-state index in [1.807, 2.05) is 0 Å². The van der Waals surface area contributed by atoms with Gasteiger partial charge in [0.05, 0.1) is 23.3 Å². The molecular formula is C19H23BF5NO4. The van der Waals surface area contributed by atoms with Gasteiger partial charge in [-0.2, -0.15) is 0 Å². The third-order valence-corrected chi connectivity index (χ3v) is 5.67. The molecule has 0 bridgehead atoms. The molecule has 2 aliphatic heterocycles. The van der Waals surface area contributed by atoms with E-state index in [1.165, 1.54) is 6.07 Å². The number of amides is 1. The van der Waals surface area contributed by atoms with Crippen LogP contribution in [0, 0.1) is 0 Å². The average Bonchev–Trinajstić information content (AvgIpc) is 2.79. The number of piperidine rings is 1. The quantitative estimate of drug-likeness (QED) is 0.536. The van der Waals surface area contributed by atoms with Crippen molar-refractivity contribution in [3.63, 3.8) is 0 Å². The van der Waals surface area contributed by atoms with E-state index >= 15 is 0 Å². The highest BCUT2D eigenvalue weighted by Gasteiger charge is 2.52. The van der Waals surface area contributed by atoms with Crippen molar-refractivity contribution >= 4 is 18.5 Å². The molecule has 30 heavy (non-hydrogen) atoms. The zero-order valence-corrected chi connectivity index (χ0v) is 17.1. The first-order chi connectivity index (χ1) is 13.6. The third kappa shape index (κ3) is 4.72. The van der Waals surface area contributed by atoms with Crippen molar-refractivity contribution in [1.29, 1.82) is 0 Å². The molecule has 2 heterocycles. The van der Waals surface area contributed by atoms with E-state index in [0.717, 1.165) is 17.0 Å². The van der Waals surface area contributed by atoms with Crippen LogP contribution in [0.4, 0.5) is 22.0 Å². The fourth-order valence-corrected chi connectivity index (χ4v) is 3.36. The number of ether oxygens (including phenoxy) is 1. The Balaban J connectivity index is 1.93. The van der Waals surface area contributed by atoms with E-state index in [0.29, 0.717) is 0 Å². The van der Waals surface area contributed by atoms with E-state index in [1.54, 1.807) is 27.7 Å². The lowest BCUT2D eigenvalue weighted by atomic mass is 9.78. The van der Waals surface area contributed by atoms with Gasteiger partial charge in [-0.15, -0.1) is 13.2 Å². The monoisotopic (exact) mass is 435 g/mol. The number of carbonyl (C=O) groups excluding carboxylic acids is 1. The van der Waals surface area contributed by atoms with Crippen LogP contribution in [0.15, 0.2) is 18.2 Å². The van der Waals surface area contributed by atoms with Gasteiger partial charge in [-0.3, -0.25) is 4.79 Å². The molecule has 5 nitrogen and oxygen atoms in total. The second-order valence-corrected chi connectivity index (χ2v) is 8.58. The fraction of sp³-hybridized carbons (Fsp3) is 0.632. The Morgan fingerprint density at radius 2 is 1.73 bits per heavy atom. The molecular weight excluding hydrogens is 412 g/mol. The second kappa shape index (κ2) is 7.37. The van der Waals surface area contributed by atoms with Crippen LogP contribution in [-0.2, 0) is 9.31 Å². The lowest BCUT2D eigenvalue weighted by Gasteiger charge is -2.32. The molecule has 3 rings (SSSR count). The number of hydrogen-bond acceptors (Lipinski definition) is 4. The van der Waals surface area contributed by atoms with Crippen molar-refractivity contribution in [2.75, 3.05) is 13.1 Å². The molecule has 2 aliphatic rings. The van der Waals surface area contributed by atoms with Gasteiger partial charge in [-0.25, -0.2) is 8.78 Å². The zero-order valence-electron chi connectivity index (χ0n) is 17.1. The molecule has 1 aromatic carbocycles. The summed E-state index contributed by atoms with van der Waals surface area (Å²) < 4.78 is 82.0. The first kappa shape index (κ1) is 22.8. The van der Waals surface area contributed by atoms with Gasteiger partial charge < -0.3 is 18.9 Å². The SMILES string of the molecule is CC1(C)OB(c2ccc(C(=O)N3CCCC(F)(F)C3)c(OC(F)(F)F)c2)OC1(C)C. The van der Waals surface area contributed by atoms with Crippen molar-refractivity contribution in [1.82, 2.24) is 4.90 Å². The topological polar surface area (TPSA) is 48.0 Å². The molecule has 11 heteroatoms. The molecule has 0 unspecified atom stereocenters. The molecule has 0 spiro atoms. The van der Waals surface area contributed by atoms with E-state index in [2.05, 4.69) is 4.74 Å². The van der Waals surface area contributed by atoms with Crippen molar-refractivity contribution in [3.8, 4) is 5.75 Å². The summed E-state index contributed by atoms with van der Waals surface area (Å²) in [6, 6.07) is 3.50. The summed E-state index contributed by atoms with van der Waals surface area (Å²) in [7, 11) is -0.978. The van der Waals surface area contributed by atoms with Crippen LogP contribution in [0.3, 0.4) is 0 Å². The minimum atomic E-state index is -5.07. The molecule has 0 saturated carbocycles. The summed E-state index contributed by atoms with van der Waals surface area (Å²) in [6.45, 7) is 6.32. The standard InChI is InChI=1S/C19H23BF5NO4/c1-16(2)17(3,4)30-20(29-16)12-6-7-13(14(10-12)28-19(23,24)25)15(27)26-9-5-8-18(21,22)11-26/h6-7,10H,5,8-9,11H2,1-4H3. The molecule has 2 fully saturated rings. The summed E-state index contributed by atoms with van der Waals surface area (Å²) in [5.41, 5.74) is -1.69. The van der Waals surface area contributed by atoms with Crippen molar-refractivity contribution in [2.45, 2.75) is 64.0 Å². The van der Waals surface area contributed by atoms with Gasteiger partial charge >= 0.3 is 13.5 Å². The number of rotatable bonds is 3. The molecule has 0 aliphatic carbocycles. The average molecular weight is 435 g/mol. The van der Waals surface area contributed by atoms with E-state index in [-0.39, 0.29) is 24.8 Å². The maximum absolute atomic E-state index is 13.7. The Hall–Kier alpha value is -1.88. The predicted octanol–water partition coefficient (Wildman–Crippen LogP) is 3.76. The highest BCUT2D eigenvalue weighted by Crippen LogP contribution is 2.37. The summed E-state index contributed by atoms with van der Waals surface area (Å²) in [5, 5.41) is 0. The number of hydrogen-bond donors (Lipinski definition) is 0. The van der Waals surface area contributed by atoms with E-state index < -0.39 is 54.4 Å². The second-order valence-electron chi connectivity index (χ2n) is 8.58. The van der Waals surface area contributed by atoms with Crippen LogP contribution < -0.4 is 10.2 Å². The molecule has 1 amide bonds. The fourth-order valence-electron chi connectivity index (χ4n) is 3.36. The van der Waals surface area contributed by atoms with Crippen LogP contribution in [0.5, 0.6) is 5.75 Å². The number of halogens is 5. The van der Waals surface area contributed by atoms with Gasteiger partial charge in [0.25, 0.3) is 11.8 Å². The normalized spacial score (nSPS) is 22.8. The minimum Gasteiger partial charge on any atom is -0.405 e. The van der Waals surface area contributed by atoms with E-state index in [4.69, 9.17) is 9.31 Å². The maximum Gasteiger partial charge on any atom is 0.573 e. The molecule has 2 saturated heterocycles. The molecule has 1 aromatic rings. The Kier molecular flexibility index (Phi) is 5.60. The Bertz CT molecular complexity index is 812. The summed E-state index contributed by atoms with van der Waals surface area (Å²) >= 11 is 0. The molecule has 0 aromatic heterocycles. The van der Waals surface area contributed by atoms with Gasteiger partial charge in [-0.1, -0.05) is 6.07 Å². The van der Waals surface area contributed by atoms with Crippen LogP contribution in [0.25, 0.3) is 0 Å². The lowest BCUT2D eigenvalue weighted by Crippen LogP contribution is -2.46. The minimum absolute atomic E-state index is 0.0266. The summed E-state index contributed by atoms with van der Waals surface area (Å²) in [4.78, 5) is 13.6. The molecule has 0 radical (unpaired) electrons. The molecule has 166 valence electrons. The summed E-state index contributed by atoms with van der Waals surface area (Å²) in [6.07, 6.45) is -5.39. The first-order valence-corrected chi connectivity index (χ1v) is 9.53. The van der Waals surface area contributed by atoms with Gasteiger partial charge in [0.1, 0.15) is 5.75 Å². The van der Waals surface area contributed by atoms with Crippen molar-refractivity contribution in [2.24, 2.45) is 0 Å². The van der Waals surface area contributed by atoms with Gasteiger partial charge in [-0.05, 0) is 51.7 Å². The van der Waals surface area contributed by atoms with Gasteiger partial charge in [0, 0.05) is 13.0 Å². The molecule has 0 N–H and O–H groups in total. The Morgan fingerprint density at radius 1 is 1.13 bits per heavy atom. The van der Waals surface area contributed by atoms with Crippen LogP contribution in [0.2, 0.25) is 0 Å². The van der Waals surface area contributed by atoms with Gasteiger partial charge in [0.15, 0.2) is 0 Å². The zero-order chi connectivity index (χ0) is 22.5. The van der Waals surface area contributed by atoms with Crippen molar-refractivity contribution in [3.05, 3.63) is 23.8 Å². The highest BCUT2D eigenvalue weighted by atomic mass is 19.4. The number of benzene rings is 1. The van der Waals surface area contributed by atoms with Crippen LogP contribution in [-0.4, -0.2) is 54.5 Å². The predicted molar refractivity (Wildman–Crippen MR) is 98.9 cm³/mol. The third-order valence-electron chi connectivity index (χ3n) is 5.67. The number of carbonyl (C=O) groups is 1. The van der Waals surface area contributed by atoms with Crippen LogP contribution in [0.1, 0.15) is 50.9 Å². The number of nitrogens with zero attached hydrogens (tertiary/aromatic N) is 1. The highest BCUT2D eigenvalue weighted by molar-refractivity contribution is 6.62. The first-order valence-electron chi connectivity index (χ1n) is 9.53. The summed E-state index contributed by atoms with van der Waals surface area (Å²) in [5.74, 6) is -4.82. The Labute approximate surface area is 171 Å².